The number of carbonyl (C=O) groups excluding carboxylic acids is 1. The Hall–Kier alpha value is -3.01. The second-order valence-electron chi connectivity index (χ2n) is 4.99. The number of amides is 1. The summed E-state index contributed by atoms with van der Waals surface area (Å²) in [7, 11) is 0. The van der Waals surface area contributed by atoms with Crippen molar-refractivity contribution in [2.24, 2.45) is 0 Å². The molecular weight excluding hydrogens is 369 g/mol. The van der Waals surface area contributed by atoms with Crippen molar-refractivity contribution < 1.29 is 22.7 Å². The lowest BCUT2D eigenvalue weighted by Gasteiger charge is -2.10. The lowest BCUT2D eigenvalue weighted by Crippen LogP contribution is -2.21. The van der Waals surface area contributed by atoms with Gasteiger partial charge in [0.05, 0.1) is 12.1 Å². The molecule has 10 heteroatoms. The van der Waals surface area contributed by atoms with Crippen LogP contribution in [-0.2, 0) is 11.3 Å². The molecule has 0 unspecified atom stereocenters. The molecule has 0 fully saturated rings. The minimum absolute atomic E-state index is 0.0843. The molecule has 3 rings (SSSR count). The van der Waals surface area contributed by atoms with Crippen LogP contribution in [0.3, 0.4) is 0 Å². The first-order valence-corrected chi connectivity index (χ1v) is 8.10. The first-order chi connectivity index (χ1) is 12.4. The van der Waals surface area contributed by atoms with E-state index in [9.17, 15) is 18.0 Å². The van der Waals surface area contributed by atoms with Gasteiger partial charge in [-0.3, -0.25) is 4.79 Å². The molecule has 0 saturated carbocycles. The largest absolute Gasteiger partial charge is 0.573 e. The lowest BCUT2D eigenvalue weighted by molar-refractivity contribution is -0.274. The van der Waals surface area contributed by atoms with Gasteiger partial charge in [-0.2, -0.15) is 0 Å². The molecule has 1 aromatic carbocycles. The zero-order valence-electron chi connectivity index (χ0n) is 13.1. The molecule has 0 aliphatic rings. The van der Waals surface area contributed by atoms with Gasteiger partial charge in [-0.1, -0.05) is 6.58 Å². The normalized spacial score (nSPS) is 11.3. The molecule has 0 bridgehead atoms. The van der Waals surface area contributed by atoms with E-state index in [4.69, 9.17) is 0 Å². The van der Waals surface area contributed by atoms with Crippen LogP contribution in [0.1, 0.15) is 5.82 Å². The number of nitrogens with one attached hydrogen (secondary N) is 1. The van der Waals surface area contributed by atoms with Crippen molar-refractivity contribution in [2.75, 3.05) is 0 Å². The van der Waals surface area contributed by atoms with Gasteiger partial charge < -0.3 is 10.1 Å². The zero-order chi connectivity index (χ0) is 18.7. The van der Waals surface area contributed by atoms with Crippen molar-refractivity contribution in [3.8, 4) is 17.0 Å². The van der Waals surface area contributed by atoms with Crippen LogP contribution in [-0.4, -0.2) is 27.2 Å². The summed E-state index contributed by atoms with van der Waals surface area (Å²) in [5, 5.41) is 2.58. The molecule has 26 heavy (non-hydrogen) atoms. The fourth-order valence-electron chi connectivity index (χ4n) is 2.14. The maximum absolute atomic E-state index is 12.3. The van der Waals surface area contributed by atoms with E-state index in [-0.39, 0.29) is 18.2 Å². The smallest absolute Gasteiger partial charge is 0.406 e. The predicted octanol–water partition coefficient (Wildman–Crippen LogP) is 3.45. The van der Waals surface area contributed by atoms with Crippen molar-refractivity contribution in [1.82, 2.24) is 20.3 Å². The average molecular weight is 380 g/mol. The molecule has 0 spiro atoms. The van der Waals surface area contributed by atoms with E-state index < -0.39 is 6.36 Å². The molecule has 1 amide bonds. The van der Waals surface area contributed by atoms with Gasteiger partial charge in [0.2, 0.25) is 5.91 Å². The van der Waals surface area contributed by atoms with Crippen LogP contribution < -0.4 is 10.1 Å². The SMILES string of the molecule is C=CC(=O)NCc1nc(-c2ccc(OC(F)(F)F)cc2)c2ncsc2n1. The molecule has 134 valence electrons. The highest BCUT2D eigenvalue weighted by Crippen LogP contribution is 2.30. The Morgan fingerprint density at radius 1 is 1.27 bits per heavy atom. The van der Waals surface area contributed by atoms with Crippen LogP contribution in [0.5, 0.6) is 5.75 Å². The van der Waals surface area contributed by atoms with Crippen LogP contribution in [0.2, 0.25) is 0 Å². The van der Waals surface area contributed by atoms with E-state index in [2.05, 4.69) is 31.6 Å². The van der Waals surface area contributed by atoms with Gasteiger partial charge in [-0.25, -0.2) is 15.0 Å². The first kappa shape index (κ1) is 17.8. The minimum Gasteiger partial charge on any atom is -0.406 e. The Balaban J connectivity index is 1.94. The third kappa shape index (κ3) is 4.14. The van der Waals surface area contributed by atoms with Gasteiger partial charge in [-0.15, -0.1) is 24.5 Å². The second kappa shape index (κ2) is 7.08. The number of carbonyl (C=O) groups is 1. The molecule has 2 aromatic heterocycles. The highest BCUT2D eigenvalue weighted by molar-refractivity contribution is 7.16. The van der Waals surface area contributed by atoms with Crippen LogP contribution in [0.4, 0.5) is 13.2 Å². The topological polar surface area (TPSA) is 77.0 Å². The number of hydrogen-bond acceptors (Lipinski definition) is 6. The number of ether oxygens (including phenoxy) is 1. The Labute approximate surface area is 149 Å². The summed E-state index contributed by atoms with van der Waals surface area (Å²) in [6.07, 6.45) is -3.62. The standard InChI is InChI=1S/C16H11F3N4O2S/c1-2-12(24)20-7-11-22-13(14-15(23-11)26-8-21-14)9-3-5-10(6-4-9)25-16(17,18)19/h2-6,8H,1,7H2,(H,20,24). The molecule has 0 atom stereocenters. The third-order valence-electron chi connectivity index (χ3n) is 3.21. The molecule has 3 aromatic rings. The van der Waals surface area contributed by atoms with Crippen LogP contribution in [0, 0.1) is 0 Å². The molecule has 6 nitrogen and oxygen atoms in total. The Kier molecular flexibility index (Phi) is 4.85. The van der Waals surface area contributed by atoms with E-state index in [0.717, 1.165) is 6.08 Å². The lowest BCUT2D eigenvalue weighted by atomic mass is 10.1. The van der Waals surface area contributed by atoms with Crippen LogP contribution in [0.25, 0.3) is 21.6 Å². The fraction of sp³-hybridized carbons (Fsp3) is 0.125. The molecular formula is C16H11F3N4O2S. The van der Waals surface area contributed by atoms with E-state index in [1.165, 1.54) is 35.6 Å². The summed E-state index contributed by atoms with van der Waals surface area (Å²) in [5.74, 6) is -0.348. The highest BCUT2D eigenvalue weighted by atomic mass is 32.1. The number of fused-ring (bicyclic) bond motifs is 1. The maximum Gasteiger partial charge on any atom is 0.573 e. The predicted molar refractivity (Wildman–Crippen MR) is 89.4 cm³/mol. The van der Waals surface area contributed by atoms with E-state index in [1.807, 2.05) is 0 Å². The van der Waals surface area contributed by atoms with Crippen molar-refractivity contribution in [2.45, 2.75) is 12.9 Å². The Morgan fingerprint density at radius 3 is 2.65 bits per heavy atom. The molecule has 0 aliphatic heterocycles. The third-order valence-corrected chi connectivity index (χ3v) is 3.93. The molecule has 0 radical (unpaired) electrons. The minimum atomic E-state index is -4.75. The molecule has 0 saturated heterocycles. The molecule has 2 heterocycles. The monoisotopic (exact) mass is 380 g/mol. The van der Waals surface area contributed by atoms with Crippen molar-refractivity contribution >= 4 is 27.6 Å². The second-order valence-corrected chi connectivity index (χ2v) is 5.82. The number of thiazole rings is 1. The van der Waals surface area contributed by atoms with Gasteiger partial charge in [0.15, 0.2) is 0 Å². The number of nitrogens with zero attached hydrogens (tertiary/aromatic N) is 3. The van der Waals surface area contributed by atoms with Gasteiger partial charge in [0.25, 0.3) is 0 Å². The molecule has 1 N–H and O–H groups in total. The highest BCUT2D eigenvalue weighted by Gasteiger charge is 2.31. The summed E-state index contributed by atoms with van der Waals surface area (Å²) < 4.78 is 40.7. The van der Waals surface area contributed by atoms with Gasteiger partial charge in [0, 0.05) is 5.56 Å². The van der Waals surface area contributed by atoms with Crippen LogP contribution in [0.15, 0.2) is 42.4 Å². The first-order valence-electron chi connectivity index (χ1n) is 7.22. The summed E-state index contributed by atoms with van der Waals surface area (Å²) in [6, 6.07) is 5.30. The van der Waals surface area contributed by atoms with Gasteiger partial charge in [0.1, 0.15) is 27.6 Å². The fourth-order valence-corrected chi connectivity index (χ4v) is 2.82. The summed E-state index contributed by atoms with van der Waals surface area (Å²) in [4.78, 5) is 24.8. The summed E-state index contributed by atoms with van der Waals surface area (Å²) >= 11 is 1.29. The van der Waals surface area contributed by atoms with E-state index >= 15 is 0 Å². The van der Waals surface area contributed by atoms with Crippen LogP contribution >= 0.6 is 11.3 Å². The number of hydrogen-bond donors (Lipinski definition) is 1. The van der Waals surface area contributed by atoms with Crippen molar-refractivity contribution in [1.29, 1.82) is 0 Å². The summed E-state index contributed by atoms with van der Waals surface area (Å²) in [6.45, 7) is 3.44. The maximum atomic E-state index is 12.3. The van der Waals surface area contributed by atoms with E-state index in [1.54, 1.807) is 5.51 Å². The quantitative estimate of drug-likeness (QED) is 0.686. The van der Waals surface area contributed by atoms with Crippen molar-refractivity contribution in [3.63, 3.8) is 0 Å². The van der Waals surface area contributed by atoms with Gasteiger partial charge in [-0.05, 0) is 30.3 Å². The van der Waals surface area contributed by atoms with Gasteiger partial charge >= 0.3 is 6.36 Å². The van der Waals surface area contributed by atoms with E-state index in [0.29, 0.717) is 27.4 Å². The van der Waals surface area contributed by atoms with Crippen molar-refractivity contribution in [3.05, 3.63) is 48.3 Å². The summed E-state index contributed by atoms with van der Waals surface area (Å²) in [5.41, 5.74) is 3.13. The zero-order valence-corrected chi connectivity index (χ0v) is 13.9. The molecule has 0 aliphatic carbocycles. The number of aromatic nitrogens is 3. The Bertz CT molecular complexity index is 954. The number of halogens is 3. The Morgan fingerprint density at radius 2 is 2.00 bits per heavy atom. The average Bonchev–Trinajstić information content (AvgIpc) is 3.06. The number of rotatable bonds is 5. The number of benzene rings is 1. The number of alkyl halides is 3.